The number of ether oxygens (including phenoxy) is 1. The van der Waals surface area contributed by atoms with Gasteiger partial charge in [-0.15, -0.1) is 0 Å². The van der Waals surface area contributed by atoms with Crippen LogP contribution in [0.2, 0.25) is 0 Å². The molecule has 102 valence electrons. The van der Waals surface area contributed by atoms with Crippen LogP contribution >= 0.6 is 0 Å². The van der Waals surface area contributed by atoms with E-state index in [1.165, 1.54) is 0 Å². The number of hydrogen-bond acceptors (Lipinski definition) is 2. The molecule has 20 heavy (non-hydrogen) atoms. The fraction of sp³-hybridized carbons (Fsp3) is 0.278. The van der Waals surface area contributed by atoms with E-state index in [4.69, 9.17) is 4.74 Å². The van der Waals surface area contributed by atoms with Crippen molar-refractivity contribution in [2.45, 2.75) is 24.7 Å². The zero-order chi connectivity index (χ0) is 14.0. The standard InChI is InChI=1S/C18H18O2/c1-20-16-10-6-5-7-14(16)13-17(19)18(11-12-18)15-8-3-2-4-9-15/h2-10H,11-13H2,1H3. The summed E-state index contributed by atoms with van der Waals surface area (Å²) in [5.41, 5.74) is 1.88. The summed E-state index contributed by atoms with van der Waals surface area (Å²) >= 11 is 0. The molecule has 0 spiro atoms. The third-order valence-electron chi connectivity index (χ3n) is 4.15. The van der Waals surface area contributed by atoms with E-state index in [0.29, 0.717) is 12.2 Å². The Labute approximate surface area is 119 Å². The van der Waals surface area contributed by atoms with E-state index < -0.39 is 0 Å². The van der Waals surface area contributed by atoms with E-state index in [0.717, 1.165) is 29.7 Å². The fourth-order valence-corrected chi connectivity index (χ4v) is 2.80. The number of rotatable bonds is 5. The maximum absolute atomic E-state index is 12.7. The highest BCUT2D eigenvalue weighted by molar-refractivity contribution is 5.94. The van der Waals surface area contributed by atoms with Crippen molar-refractivity contribution in [1.82, 2.24) is 0 Å². The number of hydrogen-bond donors (Lipinski definition) is 0. The first kappa shape index (κ1) is 12.9. The van der Waals surface area contributed by atoms with Gasteiger partial charge in [-0.25, -0.2) is 0 Å². The largest absolute Gasteiger partial charge is 0.496 e. The van der Waals surface area contributed by atoms with Gasteiger partial charge in [0.25, 0.3) is 0 Å². The maximum atomic E-state index is 12.7. The van der Waals surface area contributed by atoms with Crippen LogP contribution in [0.4, 0.5) is 0 Å². The lowest BCUT2D eigenvalue weighted by Crippen LogP contribution is -2.22. The summed E-state index contributed by atoms with van der Waals surface area (Å²) in [6, 6.07) is 17.9. The lowest BCUT2D eigenvalue weighted by molar-refractivity contribution is -0.120. The summed E-state index contributed by atoms with van der Waals surface area (Å²) in [7, 11) is 1.65. The molecule has 2 aromatic rings. The predicted molar refractivity (Wildman–Crippen MR) is 79.1 cm³/mol. The van der Waals surface area contributed by atoms with Crippen molar-refractivity contribution in [2.24, 2.45) is 0 Å². The van der Waals surface area contributed by atoms with Crippen LogP contribution in [0.25, 0.3) is 0 Å². The van der Waals surface area contributed by atoms with Gasteiger partial charge < -0.3 is 4.74 Å². The van der Waals surface area contributed by atoms with Gasteiger partial charge in [-0.05, 0) is 24.5 Å². The van der Waals surface area contributed by atoms with Crippen molar-refractivity contribution in [1.29, 1.82) is 0 Å². The zero-order valence-corrected chi connectivity index (χ0v) is 11.6. The Balaban J connectivity index is 1.84. The molecule has 0 N–H and O–H groups in total. The van der Waals surface area contributed by atoms with Gasteiger partial charge >= 0.3 is 0 Å². The molecule has 1 fully saturated rings. The van der Waals surface area contributed by atoms with Crippen LogP contribution in [-0.4, -0.2) is 12.9 Å². The first-order valence-corrected chi connectivity index (χ1v) is 6.97. The number of para-hydroxylation sites is 1. The summed E-state index contributed by atoms with van der Waals surface area (Å²) in [5, 5.41) is 0. The number of ketones is 1. The van der Waals surface area contributed by atoms with E-state index in [-0.39, 0.29) is 5.41 Å². The molecular formula is C18H18O2. The Morgan fingerprint density at radius 3 is 2.35 bits per heavy atom. The molecule has 0 atom stereocenters. The van der Waals surface area contributed by atoms with Crippen molar-refractivity contribution in [3.8, 4) is 5.75 Å². The highest BCUT2D eigenvalue weighted by Gasteiger charge is 2.50. The molecule has 0 bridgehead atoms. The topological polar surface area (TPSA) is 26.3 Å². The molecule has 2 nitrogen and oxygen atoms in total. The summed E-state index contributed by atoms with van der Waals surface area (Å²) in [6.45, 7) is 0. The van der Waals surface area contributed by atoms with Crippen molar-refractivity contribution in [3.05, 3.63) is 65.7 Å². The molecule has 0 amide bonds. The third-order valence-corrected chi connectivity index (χ3v) is 4.15. The monoisotopic (exact) mass is 266 g/mol. The minimum atomic E-state index is -0.248. The molecule has 0 aromatic heterocycles. The quantitative estimate of drug-likeness (QED) is 0.827. The first-order chi connectivity index (χ1) is 9.76. The Hall–Kier alpha value is -2.09. The van der Waals surface area contributed by atoms with Gasteiger partial charge in [0.05, 0.1) is 12.5 Å². The summed E-state index contributed by atoms with van der Waals surface area (Å²) in [4.78, 5) is 12.7. The molecule has 2 aromatic carbocycles. The van der Waals surface area contributed by atoms with Crippen LogP contribution < -0.4 is 4.74 Å². The maximum Gasteiger partial charge on any atom is 0.147 e. The molecule has 0 aliphatic heterocycles. The number of carbonyl (C=O) groups excluding carboxylic acids is 1. The third kappa shape index (κ3) is 2.22. The van der Waals surface area contributed by atoms with Crippen molar-refractivity contribution >= 4 is 5.78 Å². The summed E-state index contributed by atoms with van der Waals surface area (Å²) in [6.07, 6.45) is 2.37. The second-order valence-corrected chi connectivity index (χ2v) is 5.36. The van der Waals surface area contributed by atoms with Crippen LogP contribution in [0.1, 0.15) is 24.0 Å². The second-order valence-electron chi connectivity index (χ2n) is 5.36. The van der Waals surface area contributed by atoms with Gasteiger partial charge in [0.1, 0.15) is 11.5 Å². The van der Waals surface area contributed by atoms with E-state index in [1.54, 1.807) is 7.11 Å². The van der Waals surface area contributed by atoms with E-state index in [1.807, 2.05) is 42.5 Å². The van der Waals surface area contributed by atoms with Crippen LogP contribution in [0.15, 0.2) is 54.6 Å². The average Bonchev–Trinajstić information content (AvgIpc) is 3.30. The fourth-order valence-electron chi connectivity index (χ4n) is 2.80. The zero-order valence-electron chi connectivity index (χ0n) is 11.6. The number of benzene rings is 2. The molecule has 0 radical (unpaired) electrons. The van der Waals surface area contributed by atoms with Gasteiger partial charge in [-0.3, -0.25) is 4.79 Å². The first-order valence-electron chi connectivity index (χ1n) is 6.97. The SMILES string of the molecule is COc1ccccc1CC(=O)C1(c2ccccc2)CC1. The molecule has 0 heterocycles. The molecule has 1 aliphatic rings. The minimum absolute atomic E-state index is 0.248. The highest BCUT2D eigenvalue weighted by atomic mass is 16.5. The Bertz CT molecular complexity index is 612. The van der Waals surface area contributed by atoms with E-state index >= 15 is 0 Å². The number of carbonyl (C=O) groups is 1. The second kappa shape index (κ2) is 5.12. The Morgan fingerprint density at radius 2 is 1.70 bits per heavy atom. The van der Waals surface area contributed by atoms with E-state index in [2.05, 4.69) is 12.1 Å². The predicted octanol–water partition coefficient (Wildman–Crippen LogP) is 3.54. The normalized spacial score (nSPS) is 15.7. The average molecular weight is 266 g/mol. The Morgan fingerprint density at radius 1 is 1.05 bits per heavy atom. The summed E-state index contributed by atoms with van der Waals surface area (Å²) < 4.78 is 5.33. The van der Waals surface area contributed by atoms with Crippen molar-refractivity contribution in [2.75, 3.05) is 7.11 Å². The van der Waals surface area contributed by atoms with Crippen molar-refractivity contribution < 1.29 is 9.53 Å². The minimum Gasteiger partial charge on any atom is -0.496 e. The highest BCUT2D eigenvalue weighted by Crippen LogP contribution is 2.49. The van der Waals surface area contributed by atoms with Crippen LogP contribution in [0, 0.1) is 0 Å². The van der Waals surface area contributed by atoms with Gasteiger partial charge in [-0.1, -0.05) is 48.5 Å². The molecule has 3 rings (SSSR count). The van der Waals surface area contributed by atoms with Gasteiger partial charge in [0.15, 0.2) is 0 Å². The summed E-state index contributed by atoms with van der Waals surface area (Å²) in [5.74, 6) is 1.10. The van der Waals surface area contributed by atoms with E-state index in [9.17, 15) is 4.79 Å². The lowest BCUT2D eigenvalue weighted by atomic mass is 9.88. The molecule has 0 saturated heterocycles. The number of methoxy groups -OCH3 is 1. The lowest BCUT2D eigenvalue weighted by Gasteiger charge is -2.15. The number of Topliss-reactive ketones (excluding diaryl/α,β-unsaturated/α-hetero) is 1. The molecule has 0 unspecified atom stereocenters. The Kier molecular flexibility index (Phi) is 3.31. The van der Waals surface area contributed by atoms with Crippen LogP contribution in [0.5, 0.6) is 5.75 Å². The van der Waals surface area contributed by atoms with Crippen LogP contribution in [-0.2, 0) is 16.6 Å². The molecular weight excluding hydrogens is 248 g/mol. The van der Waals surface area contributed by atoms with Crippen LogP contribution in [0.3, 0.4) is 0 Å². The van der Waals surface area contributed by atoms with Crippen molar-refractivity contribution in [3.63, 3.8) is 0 Å². The van der Waals surface area contributed by atoms with Gasteiger partial charge in [-0.2, -0.15) is 0 Å². The smallest absolute Gasteiger partial charge is 0.147 e. The van der Waals surface area contributed by atoms with Gasteiger partial charge in [0.2, 0.25) is 0 Å². The molecule has 2 heteroatoms. The molecule has 1 aliphatic carbocycles. The molecule has 1 saturated carbocycles. The van der Waals surface area contributed by atoms with Gasteiger partial charge in [0, 0.05) is 12.0 Å².